The van der Waals surface area contributed by atoms with E-state index in [1.54, 1.807) is 6.07 Å². The molecule has 3 N–H and O–H groups in total. The minimum Gasteiger partial charge on any atom is -0.493 e. The Morgan fingerprint density at radius 3 is 2.47 bits per heavy atom. The third-order valence-corrected chi connectivity index (χ3v) is 3.31. The van der Waals surface area contributed by atoms with Crippen molar-refractivity contribution < 1.29 is 19.4 Å². The summed E-state index contributed by atoms with van der Waals surface area (Å²) in [5.74, 6) is -0.882. The van der Waals surface area contributed by atoms with Gasteiger partial charge in [-0.1, -0.05) is 18.5 Å². The van der Waals surface area contributed by atoms with Gasteiger partial charge in [-0.3, -0.25) is 4.79 Å². The summed E-state index contributed by atoms with van der Waals surface area (Å²) in [5, 5.41) is 9.58. The van der Waals surface area contributed by atoms with Crippen molar-refractivity contribution >= 4 is 17.6 Å². The molecule has 0 bridgehead atoms. The highest BCUT2D eigenvalue weighted by atomic mass is 35.5. The number of aliphatic carboxylic acids is 1. The molecule has 0 aliphatic rings. The number of halogens is 1. The highest BCUT2D eigenvalue weighted by Crippen LogP contribution is 2.41. The van der Waals surface area contributed by atoms with Crippen LogP contribution in [-0.4, -0.2) is 31.8 Å². The quantitative estimate of drug-likeness (QED) is 0.837. The van der Waals surface area contributed by atoms with Gasteiger partial charge in [0.25, 0.3) is 0 Å². The van der Waals surface area contributed by atoms with Gasteiger partial charge in [0, 0.05) is 23.2 Å². The molecule has 5 nitrogen and oxygen atoms in total. The van der Waals surface area contributed by atoms with Crippen LogP contribution >= 0.6 is 11.6 Å². The number of hydrogen-bond donors (Lipinski definition) is 2. The van der Waals surface area contributed by atoms with Gasteiger partial charge in [0.05, 0.1) is 20.1 Å². The topological polar surface area (TPSA) is 81.8 Å². The molecule has 0 saturated carbocycles. The van der Waals surface area contributed by atoms with Crippen molar-refractivity contribution in [2.45, 2.75) is 19.3 Å². The van der Waals surface area contributed by atoms with Crippen molar-refractivity contribution in [3.05, 3.63) is 22.2 Å². The Bertz CT molecular complexity index is 476. The van der Waals surface area contributed by atoms with Crippen molar-refractivity contribution in [3.63, 3.8) is 0 Å². The first kappa shape index (κ1) is 15.6. The van der Waals surface area contributed by atoms with E-state index in [0.29, 0.717) is 34.1 Å². The predicted octanol–water partition coefficient (Wildman–Crippen LogP) is 2.05. The monoisotopic (exact) mass is 287 g/mol. The molecule has 106 valence electrons. The summed E-state index contributed by atoms with van der Waals surface area (Å²) in [6.07, 6.45) is 0.569. The smallest absolute Gasteiger partial charge is 0.312 e. The first-order valence-corrected chi connectivity index (χ1v) is 6.25. The van der Waals surface area contributed by atoms with E-state index in [1.807, 2.05) is 6.92 Å². The molecule has 19 heavy (non-hydrogen) atoms. The fourth-order valence-electron chi connectivity index (χ4n) is 2.12. The van der Waals surface area contributed by atoms with Crippen molar-refractivity contribution in [1.29, 1.82) is 0 Å². The van der Waals surface area contributed by atoms with Crippen LogP contribution in [0.2, 0.25) is 5.02 Å². The maximum absolute atomic E-state index is 11.3. The molecule has 1 unspecified atom stereocenters. The van der Waals surface area contributed by atoms with Gasteiger partial charge < -0.3 is 20.3 Å². The van der Waals surface area contributed by atoms with Crippen molar-refractivity contribution in [3.8, 4) is 11.5 Å². The van der Waals surface area contributed by atoms with Gasteiger partial charge in [0.15, 0.2) is 11.5 Å². The van der Waals surface area contributed by atoms with Gasteiger partial charge in [-0.15, -0.1) is 0 Å². The second kappa shape index (κ2) is 6.63. The van der Waals surface area contributed by atoms with Crippen LogP contribution in [0, 0.1) is 0 Å². The normalized spacial score (nSPS) is 12.1. The molecular formula is C13H18ClNO4. The van der Waals surface area contributed by atoms with Gasteiger partial charge in [-0.25, -0.2) is 0 Å². The highest BCUT2D eigenvalue weighted by Gasteiger charge is 2.27. The lowest BCUT2D eigenvalue weighted by atomic mass is 9.91. The second-order valence-electron chi connectivity index (χ2n) is 3.97. The standard InChI is InChI=1S/C13H18ClNO4/c1-4-7-11(8(6-15)13(16)17)9(14)5-10(18-2)12(7)19-3/h5,8H,4,6,15H2,1-3H3,(H,16,17). The van der Waals surface area contributed by atoms with Gasteiger partial charge in [0.1, 0.15) is 0 Å². The molecule has 0 saturated heterocycles. The van der Waals surface area contributed by atoms with E-state index in [9.17, 15) is 9.90 Å². The molecule has 0 aromatic heterocycles. The van der Waals surface area contributed by atoms with Gasteiger partial charge in [-0.2, -0.15) is 0 Å². The molecular weight excluding hydrogens is 270 g/mol. The average Bonchev–Trinajstić information content (AvgIpc) is 2.39. The van der Waals surface area contributed by atoms with E-state index in [4.69, 9.17) is 26.8 Å². The lowest BCUT2D eigenvalue weighted by Crippen LogP contribution is -2.23. The van der Waals surface area contributed by atoms with Crippen molar-refractivity contribution in [2.75, 3.05) is 20.8 Å². The molecule has 0 spiro atoms. The van der Waals surface area contributed by atoms with Crippen molar-refractivity contribution in [1.82, 2.24) is 0 Å². The molecule has 0 amide bonds. The SMILES string of the molecule is CCc1c(OC)c(OC)cc(Cl)c1C(CN)C(=O)O. The van der Waals surface area contributed by atoms with Crippen LogP contribution in [0.1, 0.15) is 24.0 Å². The van der Waals surface area contributed by atoms with E-state index in [0.717, 1.165) is 0 Å². The molecule has 1 aromatic carbocycles. The van der Waals surface area contributed by atoms with E-state index < -0.39 is 11.9 Å². The van der Waals surface area contributed by atoms with Crippen molar-refractivity contribution in [2.24, 2.45) is 5.73 Å². The summed E-state index contributed by atoms with van der Waals surface area (Å²) in [6.45, 7) is 1.87. The van der Waals surface area contributed by atoms with Crippen LogP contribution in [0.4, 0.5) is 0 Å². The zero-order valence-electron chi connectivity index (χ0n) is 11.2. The molecule has 1 atom stereocenters. The Labute approximate surface area is 117 Å². The van der Waals surface area contributed by atoms with Crippen LogP contribution in [0.3, 0.4) is 0 Å². The molecule has 1 rings (SSSR count). The molecule has 0 heterocycles. The van der Waals surface area contributed by atoms with Gasteiger partial charge >= 0.3 is 5.97 Å². The number of carbonyl (C=O) groups is 1. The summed E-state index contributed by atoms with van der Waals surface area (Å²) in [4.78, 5) is 11.3. The summed E-state index contributed by atoms with van der Waals surface area (Å²) in [6, 6.07) is 1.56. The zero-order valence-corrected chi connectivity index (χ0v) is 12.0. The van der Waals surface area contributed by atoms with E-state index in [-0.39, 0.29) is 6.54 Å². The lowest BCUT2D eigenvalue weighted by Gasteiger charge is -2.21. The summed E-state index contributed by atoms with van der Waals surface area (Å²) in [5.41, 5.74) is 6.76. The number of carboxylic acids is 1. The molecule has 0 aliphatic heterocycles. The summed E-state index contributed by atoms with van der Waals surface area (Å²) in [7, 11) is 3.01. The molecule has 6 heteroatoms. The average molecular weight is 288 g/mol. The molecule has 1 aromatic rings. The van der Waals surface area contributed by atoms with Gasteiger partial charge in [-0.05, 0) is 12.0 Å². The Balaban J connectivity index is 3.58. The Morgan fingerprint density at radius 1 is 1.47 bits per heavy atom. The number of ether oxygens (including phenoxy) is 2. The van der Waals surface area contributed by atoms with Crippen LogP contribution < -0.4 is 15.2 Å². The van der Waals surface area contributed by atoms with E-state index >= 15 is 0 Å². The molecule has 0 aliphatic carbocycles. The number of rotatable bonds is 6. The van der Waals surface area contributed by atoms with E-state index in [1.165, 1.54) is 14.2 Å². The third-order valence-electron chi connectivity index (χ3n) is 3.00. The summed E-state index contributed by atoms with van der Waals surface area (Å²) < 4.78 is 10.5. The van der Waals surface area contributed by atoms with Gasteiger partial charge in [0.2, 0.25) is 0 Å². The Hall–Kier alpha value is -1.46. The second-order valence-corrected chi connectivity index (χ2v) is 4.37. The predicted molar refractivity (Wildman–Crippen MR) is 73.4 cm³/mol. The number of carboxylic acid groups (broad SMARTS) is 1. The molecule has 0 radical (unpaired) electrons. The van der Waals surface area contributed by atoms with Crippen LogP contribution in [0.15, 0.2) is 6.07 Å². The maximum atomic E-state index is 11.3. The Morgan fingerprint density at radius 2 is 2.11 bits per heavy atom. The maximum Gasteiger partial charge on any atom is 0.312 e. The lowest BCUT2D eigenvalue weighted by molar-refractivity contribution is -0.138. The summed E-state index contributed by atoms with van der Waals surface area (Å²) >= 11 is 6.18. The zero-order chi connectivity index (χ0) is 14.6. The van der Waals surface area contributed by atoms with Crippen LogP contribution in [0.5, 0.6) is 11.5 Å². The molecule has 0 fully saturated rings. The first-order chi connectivity index (χ1) is 9.01. The van der Waals surface area contributed by atoms with Crippen LogP contribution in [-0.2, 0) is 11.2 Å². The number of nitrogens with two attached hydrogens (primary N) is 1. The Kier molecular flexibility index (Phi) is 5.44. The largest absolute Gasteiger partial charge is 0.493 e. The van der Waals surface area contributed by atoms with E-state index in [2.05, 4.69) is 0 Å². The number of benzene rings is 1. The number of hydrogen-bond acceptors (Lipinski definition) is 4. The number of methoxy groups -OCH3 is 2. The highest BCUT2D eigenvalue weighted by molar-refractivity contribution is 6.32. The van der Waals surface area contributed by atoms with Crippen LogP contribution in [0.25, 0.3) is 0 Å². The fourth-order valence-corrected chi connectivity index (χ4v) is 2.46. The third kappa shape index (κ3) is 2.93. The minimum absolute atomic E-state index is 0.0302. The fraction of sp³-hybridized carbons (Fsp3) is 0.462. The minimum atomic E-state index is -1.01. The first-order valence-electron chi connectivity index (χ1n) is 5.87.